The lowest BCUT2D eigenvalue weighted by atomic mass is 10.3. The molecule has 0 spiro atoms. The maximum absolute atomic E-state index is 12.1. The van der Waals surface area contributed by atoms with E-state index >= 15 is 0 Å². The molecule has 2 aromatic rings. The summed E-state index contributed by atoms with van der Waals surface area (Å²) in [6.45, 7) is 3.91. The third-order valence-corrected chi connectivity index (χ3v) is 3.69. The van der Waals surface area contributed by atoms with E-state index in [0.717, 1.165) is 9.88 Å². The number of carbonyl (C=O) groups excluding carboxylic acids is 1. The third kappa shape index (κ3) is 3.29. The van der Waals surface area contributed by atoms with E-state index in [2.05, 4.69) is 20.6 Å². The molecule has 2 heterocycles. The highest BCUT2D eigenvalue weighted by molar-refractivity contribution is 7.11. The molecule has 0 saturated carbocycles. The molecule has 5 nitrogen and oxygen atoms in total. The summed E-state index contributed by atoms with van der Waals surface area (Å²) in [5.41, 5.74) is 0.395. The van der Waals surface area contributed by atoms with Crippen molar-refractivity contribution in [1.29, 1.82) is 0 Å². The summed E-state index contributed by atoms with van der Waals surface area (Å²) in [4.78, 5) is 21.7. The lowest BCUT2D eigenvalue weighted by molar-refractivity contribution is 0.0935. The quantitative estimate of drug-likeness (QED) is 0.899. The van der Waals surface area contributed by atoms with Crippen LogP contribution in [0.5, 0.6) is 0 Å². The highest BCUT2D eigenvalue weighted by Gasteiger charge is 2.15. The van der Waals surface area contributed by atoms with Crippen molar-refractivity contribution in [1.82, 2.24) is 15.3 Å². The molecule has 1 unspecified atom stereocenters. The second-order valence-electron chi connectivity index (χ2n) is 4.16. The Morgan fingerprint density at radius 2 is 2.21 bits per heavy atom. The van der Waals surface area contributed by atoms with E-state index in [1.807, 2.05) is 26.1 Å². The minimum Gasteiger partial charge on any atom is -0.373 e. The Hall–Kier alpha value is -1.95. The second kappa shape index (κ2) is 5.79. The van der Waals surface area contributed by atoms with Crippen LogP contribution in [0.2, 0.25) is 0 Å². The first-order chi connectivity index (χ1) is 9.10. The van der Waals surface area contributed by atoms with Gasteiger partial charge in [0.25, 0.3) is 5.91 Å². The van der Waals surface area contributed by atoms with E-state index in [9.17, 15) is 4.79 Å². The fraction of sp³-hybridized carbons (Fsp3) is 0.308. The molecule has 0 bridgehead atoms. The maximum Gasteiger partial charge on any atom is 0.270 e. The van der Waals surface area contributed by atoms with Crippen LogP contribution in [0, 0.1) is 6.92 Å². The minimum absolute atomic E-state index is 0.119. The van der Waals surface area contributed by atoms with Crippen LogP contribution in [-0.2, 0) is 0 Å². The molecule has 0 aliphatic heterocycles. The molecular weight excluding hydrogens is 260 g/mol. The number of nitrogens with zero attached hydrogens (tertiary/aromatic N) is 2. The van der Waals surface area contributed by atoms with Crippen LogP contribution >= 0.6 is 11.3 Å². The van der Waals surface area contributed by atoms with Gasteiger partial charge in [0.1, 0.15) is 16.5 Å². The highest BCUT2D eigenvalue weighted by Crippen LogP contribution is 2.19. The van der Waals surface area contributed by atoms with Gasteiger partial charge in [0.05, 0.1) is 6.04 Å². The number of amides is 1. The zero-order valence-electron chi connectivity index (χ0n) is 11.1. The summed E-state index contributed by atoms with van der Waals surface area (Å²) >= 11 is 1.58. The van der Waals surface area contributed by atoms with Crippen molar-refractivity contribution in [3.8, 4) is 0 Å². The average molecular weight is 276 g/mol. The van der Waals surface area contributed by atoms with E-state index < -0.39 is 0 Å². The number of hydrogen-bond acceptors (Lipinski definition) is 5. The zero-order chi connectivity index (χ0) is 13.8. The summed E-state index contributed by atoms with van der Waals surface area (Å²) in [6, 6.07) is 5.18. The highest BCUT2D eigenvalue weighted by atomic mass is 32.1. The summed E-state index contributed by atoms with van der Waals surface area (Å²) < 4.78 is 0. The molecule has 100 valence electrons. The smallest absolute Gasteiger partial charge is 0.270 e. The van der Waals surface area contributed by atoms with Crippen molar-refractivity contribution in [2.75, 3.05) is 12.4 Å². The normalized spacial score (nSPS) is 11.9. The number of aryl methyl sites for hydroxylation is 1. The molecule has 2 rings (SSSR count). The molecule has 6 heteroatoms. The number of hydrogen-bond donors (Lipinski definition) is 2. The average Bonchev–Trinajstić information content (AvgIpc) is 2.85. The first-order valence-corrected chi connectivity index (χ1v) is 6.80. The summed E-state index contributed by atoms with van der Waals surface area (Å²) in [7, 11) is 1.77. The maximum atomic E-state index is 12.1. The molecular formula is C13H16N4OS. The number of thiazole rings is 1. The van der Waals surface area contributed by atoms with Gasteiger partial charge in [-0.05, 0) is 26.0 Å². The molecule has 0 radical (unpaired) electrons. The third-order valence-electron chi connectivity index (χ3n) is 2.60. The Balaban J connectivity index is 2.08. The van der Waals surface area contributed by atoms with Crippen LogP contribution in [0.3, 0.4) is 0 Å². The van der Waals surface area contributed by atoms with Gasteiger partial charge in [0.15, 0.2) is 0 Å². The molecule has 2 N–H and O–H groups in total. The number of rotatable bonds is 4. The van der Waals surface area contributed by atoms with Gasteiger partial charge in [-0.15, -0.1) is 11.3 Å². The fourth-order valence-corrected chi connectivity index (χ4v) is 2.38. The lowest BCUT2D eigenvalue weighted by Crippen LogP contribution is -2.27. The first-order valence-electron chi connectivity index (χ1n) is 5.98. The van der Waals surface area contributed by atoms with Crippen molar-refractivity contribution in [2.24, 2.45) is 0 Å². The summed E-state index contributed by atoms with van der Waals surface area (Å²) in [5.74, 6) is 0.475. The van der Waals surface area contributed by atoms with Gasteiger partial charge in [0, 0.05) is 18.1 Å². The van der Waals surface area contributed by atoms with Gasteiger partial charge >= 0.3 is 0 Å². The number of nitrogens with one attached hydrogen (secondary N) is 2. The number of anilines is 1. The molecule has 0 aromatic carbocycles. The molecule has 2 aromatic heterocycles. The van der Waals surface area contributed by atoms with E-state index in [1.54, 1.807) is 30.5 Å². The summed E-state index contributed by atoms with van der Waals surface area (Å²) in [6.07, 6.45) is 1.81. The van der Waals surface area contributed by atoms with E-state index in [-0.39, 0.29) is 11.9 Å². The van der Waals surface area contributed by atoms with Crippen LogP contribution in [0.1, 0.15) is 33.3 Å². The van der Waals surface area contributed by atoms with Gasteiger partial charge in [-0.2, -0.15) is 0 Å². The van der Waals surface area contributed by atoms with Crippen molar-refractivity contribution in [3.63, 3.8) is 0 Å². The fourth-order valence-electron chi connectivity index (χ4n) is 1.61. The number of carbonyl (C=O) groups is 1. The Bertz CT molecular complexity index is 582. The van der Waals surface area contributed by atoms with E-state index in [0.29, 0.717) is 11.5 Å². The predicted octanol–water partition coefficient (Wildman–Crippen LogP) is 2.38. The van der Waals surface area contributed by atoms with Crippen molar-refractivity contribution in [3.05, 3.63) is 40.0 Å². The van der Waals surface area contributed by atoms with Crippen LogP contribution in [-0.4, -0.2) is 22.9 Å². The minimum atomic E-state index is -0.197. The monoisotopic (exact) mass is 276 g/mol. The van der Waals surface area contributed by atoms with Crippen molar-refractivity contribution >= 4 is 23.1 Å². The molecule has 1 atom stereocenters. The SMILES string of the molecule is CNc1cccc(C(=O)NC(C)c2ncc(C)s2)n1. The van der Waals surface area contributed by atoms with Gasteiger partial charge < -0.3 is 10.6 Å². The predicted molar refractivity (Wildman–Crippen MR) is 76.5 cm³/mol. The summed E-state index contributed by atoms with van der Waals surface area (Å²) in [5, 5.41) is 6.70. The van der Waals surface area contributed by atoms with Gasteiger partial charge in [0.2, 0.25) is 0 Å². The molecule has 0 aliphatic rings. The van der Waals surface area contributed by atoms with Gasteiger partial charge in [-0.3, -0.25) is 4.79 Å². The van der Waals surface area contributed by atoms with Crippen LogP contribution in [0.25, 0.3) is 0 Å². The molecule has 0 aliphatic carbocycles. The Morgan fingerprint density at radius 3 is 2.84 bits per heavy atom. The van der Waals surface area contributed by atoms with Gasteiger partial charge in [-0.1, -0.05) is 6.07 Å². The number of pyridine rings is 1. The van der Waals surface area contributed by atoms with E-state index in [1.165, 1.54) is 0 Å². The molecule has 1 amide bonds. The largest absolute Gasteiger partial charge is 0.373 e. The van der Waals surface area contributed by atoms with Gasteiger partial charge in [-0.25, -0.2) is 9.97 Å². The zero-order valence-corrected chi connectivity index (χ0v) is 11.9. The molecule has 0 saturated heterocycles. The standard InChI is InChI=1S/C13H16N4OS/c1-8-7-15-13(19-8)9(2)16-12(18)10-5-4-6-11(14-3)17-10/h4-7,9H,1-3H3,(H,14,17)(H,16,18). The Labute approximate surface area is 116 Å². The lowest BCUT2D eigenvalue weighted by Gasteiger charge is -2.11. The first kappa shape index (κ1) is 13.5. The van der Waals surface area contributed by atoms with Crippen LogP contribution in [0.15, 0.2) is 24.4 Å². The van der Waals surface area contributed by atoms with Crippen LogP contribution < -0.4 is 10.6 Å². The van der Waals surface area contributed by atoms with Crippen molar-refractivity contribution in [2.45, 2.75) is 19.9 Å². The second-order valence-corrected chi connectivity index (χ2v) is 5.43. The van der Waals surface area contributed by atoms with E-state index in [4.69, 9.17) is 0 Å². The molecule has 0 fully saturated rings. The van der Waals surface area contributed by atoms with Crippen molar-refractivity contribution < 1.29 is 4.79 Å². The molecule has 19 heavy (non-hydrogen) atoms. The number of aromatic nitrogens is 2. The van der Waals surface area contributed by atoms with Crippen LogP contribution in [0.4, 0.5) is 5.82 Å². The Kier molecular flexibility index (Phi) is 4.11. The topological polar surface area (TPSA) is 66.9 Å². The Morgan fingerprint density at radius 1 is 1.42 bits per heavy atom.